The summed E-state index contributed by atoms with van der Waals surface area (Å²) in [6.45, 7) is 16.1. The van der Waals surface area contributed by atoms with Gasteiger partial charge in [0.25, 0.3) is 0 Å². The number of nitrogens with one attached hydrogen (secondary N) is 1. The maximum absolute atomic E-state index is 13.4. The van der Waals surface area contributed by atoms with E-state index in [4.69, 9.17) is 9.84 Å². The molecule has 9 heteroatoms. The Balaban J connectivity index is 1.43. The first-order valence-corrected chi connectivity index (χ1v) is 13.9. The number of benzene rings is 1. The first-order valence-electron chi connectivity index (χ1n) is 13.9. The van der Waals surface area contributed by atoms with Gasteiger partial charge in [0.05, 0.1) is 43.2 Å². The van der Waals surface area contributed by atoms with Crippen LogP contribution >= 0.6 is 0 Å². The SMILES string of the molecule is CCN(CC)CC(=O)N(C1COC1)[C@@H](C)c1ccc(-c2n[nH]c(-c3cc(C)c4ncnn4c3)c2C(C)C)cc1. The number of aromatic amines is 1. The van der Waals surface area contributed by atoms with E-state index in [1.54, 1.807) is 6.33 Å². The van der Waals surface area contributed by atoms with Crippen molar-refractivity contribution in [2.75, 3.05) is 32.8 Å². The third-order valence-electron chi connectivity index (χ3n) is 7.87. The number of amides is 1. The number of hydrogen-bond acceptors (Lipinski definition) is 6. The normalized spacial score (nSPS) is 14.8. The number of pyridine rings is 1. The number of rotatable bonds is 10. The first kappa shape index (κ1) is 27.0. The van der Waals surface area contributed by atoms with E-state index in [1.807, 2.05) is 22.5 Å². The number of aryl methyl sites for hydroxylation is 1. The highest BCUT2D eigenvalue weighted by Crippen LogP contribution is 2.36. The average Bonchev–Trinajstić information content (AvgIpc) is 3.56. The molecule has 4 heterocycles. The zero-order valence-electron chi connectivity index (χ0n) is 23.8. The quantitative estimate of drug-likeness (QED) is 0.316. The lowest BCUT2D eigenvalue weighted by Crippen LogP contribution is -2.54. The van der Waals surface area contributed by atoms with Gasteiger partial charge in [0.2, 0.25) is 5.91 Å². The third-order valence-corrected chi connectivity index (χ3v) is 7.87. The molecule has 0 radical (unpaired) electrons. The number of fused-ring (bicyclic) bond motifs is 1. The third kappa shape index (κ3) is 5.21. The molecule has 1 N–H and O–H groups in total. The van der Waals surface area contributed by atoms with Gasteiger partial charge in [-0.1, -0.05) is 52.0 Å². The van der Waals surface area contributed by atoms with E-state index < -0.39 is 0 Å². The second-order valence-corrected chi connectivity index (χ2v) is 10.7. The molecule has 4 aromatic rings. The van der Waals surface area contributed by atoms with Crippen molar-refractivity contribution in [2.45, 2.75) is 59.5 Å². The monoisotopic (exact) mass is 529 g/mol. The lowest BCUT2D eigenvalue weighted by Gasteiger charge is -2.42. The van der Waals surface area contributed by atoms with Crippen molar-refractivity contribution in [3.8, 4) is 22.5 Å². The van der Waals surface area contributed by atoms with Gasteiger partial charge in [-0.3, -0.25) is 14.8 Å². The first-order chi connectivity index (χ1) is 18.8. The molecule has 206 valence electrons. The van der Waals surface area contributed by atoms with Crippen molar-refractivity contribution < 1.29 is 9.53 Å². The average molecular weight is 530 g/mol. The van der Waals surface area contributed by atoms with Crippen LogP contribution in [0.3, 0.4) is 0 Å². The van der Waals surface area contributed by atoms with E-state index in [1.165, 1.54) is 0 Å². The van der Waals surface area contributed by atoms with Crippen LogP contribution in [0.15, 0.2) is 42.9 Å². The van der Waals surface area contributed by atoms with Crippen LogP contribution in [0.25, 0.3) is 28.2 Å². The van der Waals surface area contributed by atoms with Crippen LogP contribution in [0.2, 0.25) is 0 Å². The minimum absolute atomic E-state index is 0.0484. The van der Waals surface area contributed by atoms with Gasteiger partial charge in [-0.2, -0.15) is 10.2 Å². The van der Waals surface area contributed by atoms with E-state index in [-0.39, 0.29) is 23.9 Å². The minimum Gasteiger partial charge on any atom is -0.377 e. The van der Waals surface area contributed by atoms with Gasteiger partial charge in [0, 0.05) is 22.9 Å². The van der Waals surface area contributed by atoms with Crippen LogP contribution in [-0.2, 0) is 9.53 Å². The Morgan fingerprint density at radius 2 is 1.85 bits per heavy atom. The van der Waals surface area contributed by atoms with Crippen LogP contribution in [0.1, 0.15) is 63.3 Å². The summed E-state index contributed by atoms with van der Waals surface area (Å²) in [4.78, 5) is 21.9. The topological polar surface area (TPSA) is 91.6 Å². The molecule has 5 rings (SSSR count). The minimum atomic E-state index is -0.0484. The van der Waals surface area contributed by atoms with Gasteiger partial charge in [-0.15, -0.1) is 0 Å². The van der Waals surface area contributed by atoms with Gasteiger partial charge >= 0.3 is 0 Å². The fourth-order valence-corrected chi connectivity index (χ4v) is 5.50. The molecule has 1 fully saturated rings. The molecule has 1 amide bonds. The van der Waals surface area contributed by atoms with Crippen LogP contribution in [0.4, 0.5) is 0 Å². The molecule has 1 aliphatic heterocycles. The highest BCUT2D eigenvalue weighted by Gasteiger charge is 2.34. The molecule has 0 aliphatic carbocycles. The molecule has 0 saturated carbocycles. The molecule has 39 heavy (non-hydrogen) atoms. The molecule has 1 saturated heterocycles. The standard InChI is InChI=1S/C30H39N7O2/c1-7-35(8-2)15-26(38)37(25-16-39-17-25)21(6)22-9-11-23(12-10-22)28-27(19(3)4)29(34-33-28)24-13-20(5)30-31-18-32-36(30)14-24/h9-14,18-19,21,25H,7-8,15-17H2,1-6H3,(H,33,34)/t21-/m0/s1. The Labute approximate surface area is 230 Å². The van der Waals surface area contributed by atoms with Crippen molar-refractivity contribution in [2.24, 2.45) is 0 Å². The number of hydrogen-bond donors (Lipinski definition) is 1. The molecule has 1 aromatic carbocycles. The molecule has 0 bridgehead atoms. The lowest BCUT2D eigenvalue weighted by atomic mass is 9.93. The summed E-state index contributed by atoms with van der Waals surface area (Å²) in [5.74, 6) is 0.410. The van der Waals surface area contributed by atoms with Crippen molar-refractivity contribution in [1.82, 2.24) is 34.6 Å². The predicted molar refractivity (Wildman–Crippen MR) is 152 cm³/mol. The number of carbonyl (C=O) groups excluding carboxylic acids is 1. The second kappa shape index (κ2) is 11.3. The van der Waals surface area contributed by atoms with Gasteiger partial charge < -0.3 is 9.64 Å². The fourth-order valence-electron chi connectivity index (χ4n) is 5.50. The molecular formula is C30H39N7O2. The zero-order chi connectivity index (χ0) is 27.7. The highest BCUT2D eigenvalue weighted by molar-refractivity contribution is 5.79. The maximum Gasteiger partial charge on any atom is 0.237 e. The Hall–Kier alpha value is -3.56. The van der Waals surface area contributed by atoms with Crippen molar-refractivity contribution in [3.05, 3.63) is 59.5 Å². The van der Waals surface area contributed by atoms with Crippen molar-refractivity contribution in [3.63, 3.8) is 0 Å². The smallest absolute Gasteiger partial charge is 0.237 e. The fraction of sp³-hybridized carbons (Fsp3) is 0.467. The number of ether oxygens (including phenoxy) is 1. The summed E-state index contributed by atoms with van der Waals surface area (Å²) >= 11 is 0. The summed E-state index contributed by atoms with van der Waals surface area (Å²) in [6.07, 6.45) is 3.57. The summed E-state index contributed by atoms with van der Waals surface area (Å²) in [5.41, 5.74) is 8.20. The molecule has 9 nitrogen and oxygen atoms in total. The van der Waals surface area contributed by atoms with Gasteiger partial charge in [0.15, 0.2) is 5.65 Å². The van der Waals surface area contributed by atoms with E-state index in [9.17, 15) is 4.79 Å². The van der Waals surface area contributed by atoms with E-state index >= 15 is 0 Å². The van der Waals surface area contributed by atoms with Gasteiger partial charge in [-0.25, -0.2) is 9.50 Å². The molecule has 1 aliphatic rings. The number of carbonyl (C=O) groups is 1. The van der Waals surface area contributed by atoms with Crippen LogP contribution in [-0.4, -0.2) is 79.4 Å². The number of aromatic nitrogens is 5. The Morgan fingerprint density at radius 1 is 1.13 bits per heavy atom. The van der Waals surface area contributed by atoms with Gasteiger partial charge in [-0.05, 0) is 50.0 Å². The molecule has 0 spiro atoms. The maximum atomic E-state index is 13.4. The highest BCUT2D eigenvalue weighted by atomic mass is 16.5. The largest absolute Gasteiger partial charge is 0.377 e. The molecular weight excluding hydrogens is 490 g/mol. The lowest BCUT2D eigenvalue weighted by molar-refractivity contribution is -0.150. The Kier molecular flexibility index (Phi) is 7.81. The zero-order valence-corrected chi connectivity index (χ0v) is 23.8. The molecule has 1 atom stereocenters. The van der Waals surface area contributed by atoms with E-state index in [0.29, 0.717) is 19.8 Å². The predicted octanol–water partition coefficient (Wildman–Crippen LogP) is 4.85. The summed E-state index contributed by atoms with van der Waals surface area (Å²) in [6, 6.07) is 10.7. The van der Waals surface area contributed by atoms with Crippen LogP contribution < -0.4 is 0 Å². The summed E-state index contributed by atoms with van der Waals surface area (Å²) in [7, 11) is 0. The van der Waals surface area contributed by atoms with E-state index in [2.05, 4.69) is 85.0 Å². The number of nitrogens with zero attached hydrogens (tertiary/aromatic N) is 6. The van der Waals surface area contributed by atoms with Crippen LogP contribution in [0.5, 0.6) is 0 Å². The van der Waals surface area contributed by atoms with Gasteiger partial charge in [0.1, 0.15) is 6.33 Å². The second-order valence-electron chi connectivity index (χ2n) is 10.7. The van der Waals surface area contributed by atoms with Crippen molar-refractivity contribution in [1.29, 1.82) is 0 Å². The number of H-pyrrole nitrogens is 1. The van der Waals surface area contributed by atoms with Crippen LogP contribution in [0, 0.1) is 6.92 Å². The molecule has 0 unspecified atom stereocenters. The summed E-state index contributed by atoms with van der Waals surface area (Å²) < 4.78 is 7.27. The molecule has 3 aromatic heterocycles. The number of likely N-dealkylation sites (N-methyl/N-ethyl adjacent to an activating group) is 1. The van der Waals surface area contributed by atoms with Crippen molar-refractivity contribution >= 4 is 11.6 Å². The Bertz CT molecular complexity index is 1430. The summed E-state index contributed by atoms with van der Waals surface area (Å²) in [5, 5.41) is 12.4. The Morgan fingerprint density at radius 3 is 2.46 bits per heavy atom. The van der Waals surface area contributed by atoms with E-state index in [0.717, 1.165) is 57.9 Å².